The highest BCUT2D eigenvalue weighted by molar-refractivity contribution is 7.46. The van der Waals surface area contributed by atoms with Crippen LogP contribution in [0.25, 0.3) is 0 Å². The molecule has 0 aromatic heterocycles. The fourth-order valence-electron chi connectivity index (χ4n) is 7.39. The average molecular weight is 472 g/mol. The average Bonchev–Trinajstić information content (AvgIpc) is 2.89. The lowest BCUT2D eigenvalue weighted by Crippen LogP contribution is -2.69. The van der Waals surface area contributed by atoms with Crippen LogP contribution in [0.5, 0.6) is 0 Å². The smallest absolute Gasteiger partial charge is 0.390 e. The molecule has 0 amide bonds. The van der Waals surface area contributed by atoms with Gasteiger partial charge in [0.2, 0.25) is 0 Å². The van der Waals surface area contributed by atoms with Crippen LogP contribution in [0, 0.1) is 28.6 Å². The number of fused-ring (bicyclic) bond motifs is 5. The summed E-state index contributed by atoms with van der Waals surface area (Å²) >= 11 is 0. The summed E-state index contributed by atoms with van der Waals surface area (Å²) in [6.07, 6.45) is 3.70. The molecule has 3 fully saturated rings. The van der Waals surface area contributed by atoms with Gasteiger partial charge < -0.3 is 20.0 Å². The number of hydrogen-bond acceptors (Lipinski definition) is 6. The Morgan fingerprint density at radius 3 is 2.59 bits per heavy atom. The summed E-state index contributed by atoms with van der Waals surface area (Å²) in [5.41, 5.74) is -5.88. The third kappa shape index (κ3) is 2.95. The lowest BCUT2D eigenvalue weighted by atomic mass is 9.44. The Morgan fingerprint density at radius 1 is 1.31 bits per heavy atom. The second-order valence-electron chi connectivity index (χ2n) is 10.4. The second kappa shape index (κ2) is 7.14. The van der Waals surface area contributed by atoms with Crippen LogP contribution in [-0.4, -0.2) is 55.5 Å². The van der Waals surface area contributed by atoms with Gasteiger partial charge in [-0.2, -0.15) is 0 Å². The SMILES string of the molecule is C[C@H]1C[C@@H]2[C@H]3CCC4=CC(=O)C=C[C@]4(C)[C@]3(F)[C@@H](O)C[C@]2(C)[C@]1(O)C(=O)COP(=O)(O)O. The van der Waals surface area contributed by atoms with Gasteiger partial charge in [0, 0.05) is 16.7 Å². The maximum absolute atomic E-state index is 17.0. The van der Waals surface area contributed by atoms with Crippen molar-refractivity contribution in [1.29, 1.82) is 0 Å². The molecule has 0 aromatic carbocycles. The first-order valence-corrected chi connectivity index (χ1v) is 12.4. The number of alkyl halides is 1. The van der Waals surface area contributed by atoms with Crippen molar-refractivity contribution in [3.63, 3.8) is 0 Å². The molecule has 0 bridgehead atoms. The maximum Gasteiger partial charge on any atom is 0.470 e. The number of carbonyl (C=O) groups is 2. The van der Waals surface area contributed by atoms with Gasteiger partial charge in [-0.05, 0) is 56.6 Å². The van der Waals surface area contributed by atoms with Gasteiger partial charge in [-0.3, -0.25) is 14.1 Å². The predicted octanol–water partition coefficient (Wildman–Crippen LogP) is 2.01. The highest BCUT2D eigenvalue weighted by Gasteiger charge is 2.75. The Hall–Kier alpha value is -1.22. The van der Waals surface area contributed by atoms with Crippen molar-refractivity contribution in [3.8, 4) is 0 Å². The van der Waals surface area contributed by atoms with Crippen LogP contribution in [-0.2, 0) is 18.7 Å². The molecule has 0 radical (unpaired) electrons. The highest BCUT2D eigenvalue weighted by atomic mass is 31.2. The number of aliphatic hydroxyl groups excluding tert-OH is 1. The second-order valence-corrected chi connectivity index (χ2v) is 11.6. The molecule has 4 N–H and O–H groups in total. The van der Waals surface area contributed by atoms with Gasteiger partial charge >= 0.3 is 7.82 Å². The molecule has 4 rings (SSSR count). The molecule has 8 nitrogen and oxygen atoms in total. The van der Waals surface area contributed by atoms with E-state index in [9.17, 15) is 24.4 Å². The van der Waals surface area contributed by atoms with E-state index in [2.05, 4.69) is 4.52 Å². The van der Waals surface area contributed by atoms with Crippen molar-refractivity contribution in [2.24, 2.45) is 28.6 Å². The summed E-state index contributed by atoms with van der Waals surface area (Å²) in [6.45, 7) is 4.00. The third-order valence-corrected chi connectivity index (χ3v) is 9.48. The molecule has 0 aromatic rings. The first kappa shape index (κ1) is 23.9. The quantitative estimate of drug-likeness (QED) is 0.456. The van der Waals surface area contributed by atoms with Crippen LogP contribution in [0.3, 0.4) is 0 Å². The van der Waals surface area contributed by atoms with Gasteiger partial charge in [-0.25, -0.2) is 8.96 Å². The summed E-state index contributed by atoms with van der Waals surface area (Å²) in [6, 6.07) is 0. The predicted molar refractivity (Wildman–Crippen MR) is 111 cm³/mol. The van der Waals surface area contributed by atoms with E-state index in [-0.39, 0.29) is 12.2 Å². The standard InChI is InChI=1S/C22H30FO8P/c1-12-8-16-15-5-4-13-9-14(24)6-7-19(13,2)21(15,23)17(25)10-20(16,3)22(12,27)18(26)11-31-32(28,29)30/h6-7,9,12,15-17,25,27H,4-5,8,10-11H2,1-3H3,(H2,28,29,30)/t12-,15+,16+,17-,19-,20-,21+,22+/m0/s1. The lowest BCUT2D eigenvalue weighted by molar-refractivity contribution is -0.219. The first-order valence-electron chi connectivity index (χ1n) is 10.9. The van der Waals surface area contributed by atoms with Crippen molar-refractivity contribution in [2.45, 2.75) is 63.8 Å². The van der Waals surface area contributed by atoms with E-state index in [1.807, 2.05) is 0 Å². The molecule has 3 saturated carbocycles. The van der Waals surface area contributed by atoms with Gasteiger partial charge in [-0.15, -0.1) is 0 Å². The number of Topliss-reactive ketones (excluding diaryl/α,β-unsaturated/α-hetero) is 1. The molecule has 0 saturated heterocycles. The molecule has 178 valence electrons. The Balaban J connectivity index is 1.74. The minimum Gasteiger partial charge on any atom is -0.390 e. The van der Waals surface area contributed by atoms with Gasteiger partial charge in [-0.1, -0.05) is 25.5 Å². The lowest BCUT2D eigenvalue weighted by Gasteiger charge is -2.62. The number of ketones is 2. The molecular weight excluding hydrogens is 442 g/mol. The maximum atomic E-state index is 17.0. The summed E-state index contributed by atoms with van der Waals surface area (Å²) in [5, 5.41) is 22.8. The highest BCUT2D eigenvalue weighted by Crippen LogP contribution is 2.70. The van der Waals surface area contributed by atoms with Gasteiger partial charge in [0.1, 0.15) is 12.2 Å². The van der Waals surface area contributed by atoms with Crippen molar-refractivity contribution in [3.05, 3.63) is 23.8 Å². The summed E-state index contributed by atoms with van der Waals surface area (Å²) in [5.74, 6) is -2.87. The summed E-state index contributed by atoms with van der Waals surface area (Å²) in [4.78, 5) is 42.8. The van der Waals surface area contributed by atoms with Gasteiger partial charge in [0.05, 0.1) is 6.10 Å². The number of hydrogen-bond donors (Lipinski definition) is 4. The fraction of sp³-hybridized carbons (Fsp3) is 0.727. The van der Waals surface area contributed by atoms with Gasteiger partial charge in [0.15, 0.2) is 17.2 Å². The minimum atomic E-state index is -4.93. The number of phosphoric ester groups is 1. The van der Waals surface area contributed by atoms with Crippen LogP contribution >= 0.6 is 7.82 Å². The van der Waals surface area contributed by atoms with E-state index in [0.29, 0.717) is 24.8 Å². The van der Waals surface area contributed by atoms with Crippen LogP contribution in [0.15, 0.2) is 23.8 Å². The van der Waals surface area contributed by atoms with Crippen LogP contribution in [0.2, 0.25) is 0 Å². The van der Waals surface area contributed by atoms with E-state index in [1.165, 1.54) is 18.2 Å². The molecular formula is C22H30FO8P. The van der Waals surface area contributed by atoms with E-state index in [0.717, 1.165) is 0 Å². The van der Waals surface area contributed by atoms with Crippen molar-refractivity contribution in [2.75, 3.05) is 6.61 Å². The van der Waals surface area contributed by atoms with Crippen LogP contribution in [0.1, 0.15) is 46.5 Å². The molecule has 4 aliphatic rings. The Bertz CT molecular complexity index is 973. The number of phosphoric acid groups is 1. The third-order valence-electron chi connectivity index (χ3n) is 9.01. The number of aliphatic hydroxyl groups is 2. The number of halogens is 1. The number of carbonyl (C=O) groups excluding carboxylic acids is 2. The van der Waals surface area contributed by atoms with Crippen LogP contribution in [0.4, 0.5) is 4.39 Å². The van der Waals surface area contributed by atoms with E-state index < -0.39 is 66.2 Å². The number of rotatable bonds is 4. The van der Waals surface area contributed by atoms with Crippen LogP contribution < -0.4 is 0 Å². The minimum absolute atomic E-state index is 0.211. The van der Waals surface area contributed by atoms with E-state index >= 15 is 4.39 Å². The zero-order valence-corrected chi connectivity index (χ0v) is 19.2. The number of allylic oxidation sites excluding steroid dienone is 4. The Kier molecular flexibility index (Phi) is 5.34. The molecule has 0 heterocycles. The normalized spacial score (nSPS) is 48.0. The molecule has 0 unspecified atom stereocenters. The largest absolute Gasteiger partial charge is 0.470 e. The molecule has 4 aliphatic carbocycles. The summed E-state index contributed by atoms with van der Waals surface area (Å²) in [7, 11) is -4.93. The van der Waals surface area contributed by atoms with Gasteiger partial charge in [0.25, 0.3) is 0 Å². The zero-order chi connectivity index (χ0) is 23.9. The molecule has 0 spiro atoms. The van der Waals surface area contributed by atoms with E-state index in [4.69, 9.17) is 9.79 Å². The Morgan fingerprint density at radius 2 is 1.97 bits per heavy atom. The van der Waals surface area contributed by atoms with Crippen molar-refractivity contribution in [1.82, 2.24) is 0 Å². The fourth-order valence-corrected chi connectivity index (χ4v) is 7.68. The topological polar surface area (TPSA) is 141 Å². The molecule has 32 heavy (non-hydrogen) atoms. The molecule has 10 heteroatoms. The van der Waals surface area contributed by atoms with E-state index in [1.54, 1.807) is 20.8 Å². The molecule has 8 atom stereocenters. The zero-order valence-electron chi connectivity index (χ0n) is 18.3. The monoisotopic (exact) mass is 472 g/mol. The van der Waals surface area contributed by atoms with Crippen molar-refractivity contribution >= 4 is 19.4 Å². The van der Waals surface area contributed by atoms with Crippen molar-refractivity contribution < 1.29 is 43.1 Å². The first-order chi connectivity index (χ1) is 14.6. The summed E-state index contributed by atoms with van der Waals surface area (Å²) < 4.78 is 32.5. The Labute approximate surface area is 185 Å². The molecule has 0 aliphatic heterocycles.